The molecule has 8 heteroatoms. The van der Waals surface area contributed by atoms with Crippen molar-refractivity contribution in [2.75, 3.05) is 19.8 Å². The molecule has 1 aliphatic heterocycles. The van der Waals surface area contributed by atoms with E-state index in [4.69, 9.17) is 10.5 Å². The number of nitrogens with zero attached hydrogens (tertiary/aromatic N) is 3. The highest BCUT2D eigenvalue weighted by Crippen LogP contribution is 2.29. The Balaban J connectivity index is 1.67. The Morgan fingerprint density at radius 3 is 2.62 bits per heavy atom. The van der Waals surface area contributed by atoms with Crippen LogP contribution in [0.25, 0.3) is 5.69 Å². The number of nitrogens with two attached hydrogens (primary N) is 1. The number of benzene rings is 1. The number of primary amides is 1. The molecule has 8 nitrogen and oxygen atoms in total. The molecule has 3 rings (SSSR count). The van der Waals surface area contributed by atoms with Gasteiger partial charge in [-0.05, 0) is 25.0 Å². The van der Waals surface area contributed by atoms with Gasteiger partial charge in [-0.3, -0.25) is 9.59 Å². The third-order valence-electron chi connectivity index (χ3n) is 4.31. The molecular formula is C16H19N5O3. The largest absolute Gasteiger partial charge is 0.381 e. The first-order chi connectivity index (χ1) is 11.6. The Kier molecular flexibility index (Phi) is 4.57. The minimum atomic E-state index is -0.761. The van der Waals surface area contributed by atoms with Crippen LogP contribution in [0.1, 0.15) is 23.3 Å². The fourth-order valence-corrected chi connectivity index (χ4v) is 2.69. The molecule has 2 amide bonds. The van der Waals surface area contributed by atoms with E-state index in [0.717, 1.165) is 5.69 Å². The first kappa shape index (κ1) is 16.1. The number of hydrogen-bond acceptors (Lipinski definition) is 5. The van der Waals surface area contributed by atoms with Crippen LogP contribution in [-0.4, -0.2) is 46.6 Å². The van der Waals surface area contributed by atoms with Crippen molar-refractivity contribution in [1.29, 1.82) is 0 Å². The van der Waals surface area contributed by atoms with Gasteiger partial charge in [0.1, 0.15) is 0 Å². The van der Waals surface area contributed by atoms with E-state index >= 15 is 0 Å². The van der Waals surface area contributed by atoms with Gasteiger partial charge in [-0.25, -0.2) is 4.68 Å². The summed E-state index contributed by atoms with van der Waals surface area (Å²) in [5, 5.41) is 10.6. The molecule has 0 saturated carbocycles. The lowest BCUT2D eigenvalue weighted by Crippen LogP contribution is -2.49. The van der Waals surface area contributed by atoms with Crippen LogP contribution in [0.5, 0.6) is 0 Å². The van der Waals surface area contributed by atoms with Gasteiger partial charge in [-0.2, -0.15) is 0 Å². The van der Waals surface area contributed by atoms with Crippen molar-refractivity contribution in [3.05, 3.63) is 42.2 Å². The smallest absolute Gasteiger partial charge is 0.273 e. The van der Waals surface area contributed by atoms with Gasteiger partial charge in [0, 0.05) is 19.8 Å². The standard InChI is InChI=1S/C16H19N5O3/c17-15(23)16(6-8-24-9-7-16)11-18-14(22)13-10-21(20-19-13)12-4-2-1-3-5-12/h1-5,10H,6-9,11H2,(H2,17,23)(H,18,22). The number of nitrogens with one attached hydrogen (secondary N) is 1. The molecule has 1 aromatic heterocycles. The van der Waals surface area contributed by atoms with Gasteiger partial charge >= 0.3 is 0 Å². The van der Waals surface area contributed by atoms with Gasteiger partial charge in [0.15, 0.2) is 5.69 Å². The molecule has 0 unspecified atom stereocenters. The van der Waals surface area contributed by atoms with Gasteiger partial charge in [0.05, 0.1) is 17.3 Å². The number of hydrogen-bond donors (Lipinski definition) is 2. The van der Waals surface area contributed by atoms with Crippen LogP contribution in [-0.2, 0) is 9.53 Å². The quantitative estimate of drug-likeness (QED) is 0.818. The fourth-order valence-electron chi connectivity index (χ4n) is 2.69. The maximum Gasteiger partial charge on any atom is 0.273 e. The summed E-state index contributed by atoms with van der Waals surface area (Å²) in [7, 11) is 0. The topological polar surface area (TPSA) is 112 Å². The molecule has 1 saturated heterocycles. The predicted molar refractivity (Wildman–Crippen MR) is 85.4 cm³/mol. The normalized spacial score (nSPS) is 16.5. The Labute approximate surface area is 139 Å². The summed E-state index contributed by atoms with van der Waals surface area (Å²) in [5.41, 5.74) is 5.76. The zero-order chi connectivity index (χ0) is 17.0. The average molecular weight is 329 g/mol. The van der Waals surface area contributed by atoms with Crippen LogP contribution in [0.4, 0.5) is 0 Å². The molecule has 0 aliphatic carbocycles. The minimum Gasteiger partial charge on any atom is -0.381 e. The molecule has 24 heavy (non-hydrogen) atoms. The van der Waals surface area contributed by atoms with Crippen LogP contribution < -0.4 is 11.1 Å². The number of aromatic nitrogens is 3. The number of para-hydroxylation sites is 1. The van der Waals surface area contributed by atoms with Crippen LogP contribution in [0.3, 0.4) is 0 Å². The Morgan fingerprint density at radius 1 is 1.25 bits per heavy atom. The highest BCUT2D eigenvalue weighted by atomic mass is 16.5. The van der Waals surface area contributed by atoms with Crippen molar-refractivity contribution in [2.24, 2.45) is 11.1 Å². The monoisotopic (exact) mass is 329 g/mol. The lowest BCUT2D eigenvalue weighted by Gasteiger charge is -2.34. The van der Waals surface area contributed by atoms with Crippen molar-refractivity contribution in [3.8, 4) is 5.69 Å². The number of amides is 2. The summed E-state index contributed by atoms with van der Waals surface area (Å²) >= 11 is 0. The van der Waals surface area contributed by atoms with E-state index in [2.05, 4.69) is 15.6 Å². The highest BCUT2D eigenvalue weighted by Gasteiger charge is 2.38. The lowest BCUT2D eigenvalue weighted by atomic mass is 9.79. The van der Waals surface area contributed by atoms with Crippen molar-refractivity contribution in [2.45, 2.75) is 12.8 Å². The number of carbonyl (C=O) groups is 2. The summed E-state index contributed by atoms with van der Waals surface area (Å²) in [5.74, 6) is -0.802. The first-order valence-electron chi connectivity index (χ1n) is 7.74. The van der Waals surface area contributed by atoms with Crippen LogP contribution in [0, 0.1) is 5.41 Å². The second kappa shape index (κ2) is 6.79. The third-order valence-corrected chi connectivity index (χ3v) is 4.31. The predicted octanol–water partition coefficient (Wildman–Crippen LogP) is 0.279. The molecule has 2 aromatic rings. The highest BCUT2D eigenvalue weighted by molar-refractivity contribution is 5.92. The molecule has 2 heterocycles. The molecule has 0 spiro atoms. The first-order valence-corrected chi connectivity index (χ1v) is 7.74. The van der Waals surface area contributed by atoms with Crippen LogP contribution >= 0.6 is 0 Å². The molecule has 0 atom stereocenters. The lowest BCUT2D eigenvalue weighted by molar-refractivity contribution is -0.132. The second-order valence-electron chi connectivity index (χ2n) is 5.82. The van der Waals surface area contributed by atoms with E-state index in [1.165, 1.54) is 4.68 Å². The van der Waals surface area contributed by atoms with Crippen LogP contribution in [0.15, 0.2) is 36.5 Å². The maximum atomic E-state index is 12.3. The molecule has 1 aromatic carbocycles. The maximum absolute atomic E-state index is 12.3. The van der Waals surface area contributed by atoms with Crippen molar-refractivity contribution in [1.82, 2.24) is 20.3 Å². The van der Waals surface area contributed by atoms with Gasteiger partial charge in [0.25, 0.3) is 5.91 Å². The molecule has 0 bridgehead atoms. The average Bonchev–Trinajstić information content (AvgIpc) is 3.11. The summed E-state index contributed by atoms with van der Waals surface area (Å²) in [6.07, 6.45) is 2.55. The second-order valence-corrected chi connectivity index (χ2v) is 5.82. The van der Waals surface area contributed by atoms with Crippen molar-refractivity contribution in [3.63, 3.8) is 0 Å². The van der Waals surface area contributed by atoms with E-state index in [1.807, 2.05) is 30.3 Å². The van der Waals surface area contributed by atoms with E-state index in [-0.39, 0.29) is 18.1 Å². The Bertz CT molecular complexity index is 722. The molecule has 126 valence electrons. The summed E-state index contributed by atoms with van der Waals surface area (Å²) in [4.78, 5) is 24.1. The van der Waals surface area contributed by atoms with E-state index in [1.54, 1.807) is 6.20 Å². The molecule has 1 aliphatic rings. The van der Waals surface area contributed by atoms with E-state index < -0.39 is 11.3 Å². The molecule has 3 N–H and O–H groups in total. The Hall–Kier alpha value is -2.74. The molecular weight excluding hydrogens is 310 g/mol. The van der Waals surface area contributed by atoms with E-state index in [0.29, 0.717) is 26.1 Å². The number of ether oxygens (including phenoxy) is 1. The summed E-state index contributed by atoms with van der Waals surface area (Å²) in [6, 6.07) is 9.36. The SMILES string of the molecule is NC(=O)C1(CNC(=O)c2cn(-c3ccccc3)nn2)CCOCC1. The molecule has 0 radical (unpaired) electrons. The fraction of sp³-hybridized carbons (Fsp3) is 0.375. The van der Waals surface area contributed by atoms with E-state index in [9.17, 15) is 9.59 Å². The summed E-state index contributed by atoms with van der Waals surface area (Å²) in [6.45, 7) is 1.09. The van der Waals surface area contributed by atoms with Gasteiger partial charge in [-0.15, -0.1) is 5.10 Å². The molecule has 1 fully saturated rings. The number of rotatable bonds is 5. The van der Waals surface area contributed by atoms with Gasteiger partial charge < -0.3 is 15.8 Å². The van der Waals surface area contributed by atoms with Crippen molar-refractivity contribution < 1.29 is 14.3 Å². The van der Waals surface area contributed by atoms with Gasteiger partial charge in [-0.1, -0.05) is 23.4 Å². The zero-order valence-electron chi connectivity index (χ0n) is 13.1. The zero-order valence-corrected chi connectivity index (χ0v) is 13.1. The van der Waals surface area contributed by atoms with Gasteiger partial charge in [0.2, 0.25) is 5.91 Å². The van der Waals surface area contributed by atoms with Crippen molar-refractivity contribution >= 4 is 11.8 Å². The Morgan fingerprint density at radius 2 is 1.96 bits per heavy atom. The number of carbonyl (C=O) groups excluding carboxylic acids is 2. The summed E-state index contributed by atoms with van der Waals surface area (Å²) < 4.78 is 6.79. The van der Waals surface area contributed by atoms with Crippen LogP contribution in [0.2, 0.25) is 0 Å². The minimum absolute atomic E-state index is 0.169. The third kappa shape index (κ3) is 3.28.